The summed E-state index contributed by atoms with van der Waals surface area (Å²) in [4.78, 5) is 22.5. The summed E-state index contributed by atoms with van der Waals surface area (Å²) >= 11 is 0. The van der Waals surface area contributed by atoms with E-state index in [1.54, 1.807) is 6.92 Å². The van der Waals surface area contributed by atoms with Gasteiger partial charge in [0.05, 0.1) is 19.7 Å². The van der Waals surface area contributed by atoms with Crippen LogP contribution in [-0.4, -0.2) is 63.6 Å². The predicted octanol–water partition coefficient (Wildman–Crippen LogP) is 1.39. The summed E-state index contributed by atoms with van der Waals surface area (Å²) in [6, 6.07) is 0. The van der Waals surface area contributed by atoms with Gasteiger partial charge in [0.25, 0.3) is 5.91 Å². The van der Waals surface area contributed by atoms with Gasteiger partial charge in [-0.25, -0.2) is 5.06 Å². The SMILES string of the molecule is C#CCCN(O)C(=O)CNCC(O)P(O)(OCCC)=C(C)CCC. The van der Waals surface area contributed by atoms with Crippen LogP contribution in [0.25, 0.3) is 0 Å². The first-order valence-corrected chi connectivity index (χ1v) is 9.96. The zero-order valence-electron chi connectivity index (χ0n) is 14.9. The molecule has 0 rings (SSSR count). The average Bonchev–Trinajstić information content (AvgIpc) is 2.57. The van der Waals surface area contributed by atoms with E-state index in [0.29, 0.717) is 18.1 Å². The number of hydrogen-bond acceptors (Lipinski definition) is 6. The van der Waals surface area contributed by atoms with Crippen molar-refractivity contribution < 1.29 is 24.5 Å². The van der Waals surface area contributed by atoms with Gasteiger partial charge in [-0.3, -0.25) is 10.0 Å². The molecule has 0 saturated carbocycles. The highest BCUT2D eigenvalue weighted by molar-refractivity contribution is 7.66. The average molecular weight is 362 g/mol. The van der Waals surface area contributed by atoms with Gasteiger partial charge in [-0.05, 0) is 25.1 Å². The molecule has 0 aromatic rings. The highest BCUT2D eigenvalue weighted by Crippen LogP contribution is 2.50. The molecule has 0 aromatic heterocycles. The van der Waals surface area contributed by atoms with Crippen molar-refractivity contribution in [2.75, 3.05) is 26.2 Å². The largest absolute Gasteiger partial charge is 0.383 e. The van der Waals surface area contributed by atoms with Crippen LogP contribution in [0, 0.1) is 12.3 Å². The normalized spacial score (nSPS) is 14.5. The van der Waals surface area contributed by atoms with Gasteiger partial charge in [-0.2, -0.15) is 0 Å². The number of amides is 1. The number of carbonyl (C=O) groups excluding carboxylic acids is 1. The van der Waals surface area contributed by atoms with Crippen LogP contribution in [0.15, 0.2) is 0 Å². The summed E-state index contributed by atoms with van der Waals surface area (Å²) in [6.45, 7) is 5.94. The van der Waals surface area contributed by atoms with Crippen LogP contribution in [0.5, 0.6) is 0 Å². The molecule has 2 atom stereocenters. The Hall–Kier alpha value is -0.870. The maximum atomic E-state index is 11.7. The highest BCUT2D eigenvalue weighted by Gasteiger charge is 2.28. The van der Waals surface area contributed by atoms with Crippen LogP contribution in [0.4, 0.5) is 0 Å². The fourth-order valence-electron chi connectivity index (χ4n) is 2.02. The molecule has 0 aliphatic carbocycles. The molecule has 7 nitrogen and oxygen atoms in total. The molecule has 0 fully saturated rings. The molecule has 0 radical (unpaired) electrons. The van der Waals surface area contributed by atoms with E-state index in [1.807, 2.05) is 13.8 Å². The Kier molecular flexibility index (Phi) is 12.0. The van der Waals surface area contributed by atoms with Gasteiger partial charge in [-0.15, -0.1) is 12.3 Å². The fourth-order valence-corrected chi connectivity index (χ4v) is 4.30. The minimum absolute atomic E-state index is 0.0102. The van der Waals surface area contributed by atoms with Crippen LogP contribution in [0.1, 0.15) is 46.5 Å². The molecule has 4 N–H and O–H groups in total. The van der Waals surface area contributed by atoms with Crippen molar-refractivity contribution in [2.24, 2.45) is 0 Å². The predicted molar refractivity (Wildman–Crippen MR) is 96.8 cm³/mol. The molecule has 0 saturated heterocycles. The number of hydrogen-bond donors (Lipinski definition) is 4. The molecule has 1 amide bonds. The molecule has 0 heterocycles. The van der Waals surface area contributed by atoms with E-state index in [1.165, 1.54) is 0 Å². The minimum atomic E-state index is -3.09. The van der Waals surface area contributed by atoms with Crippen LogP contribution >= 0.6 is 7.34 Å². The number of carbonyl (C=O) groups is 1. The monoisotopic (exact) mass is 362 g/mol. The fraction of sp³-hybridized carbons (Fsp3) is 0.750. The van der Waals surface area contributed by atoms with Crippen molar-refractivity contribution in [3.05, 3.63) is 0 Å². The Balaban J connectivity index is 4.68. The maximum absolute atomic E-state index is 11.7. The second-order valence-electron chi connectivity index (χ2n) is 5.52. The van der Waals surface area contributed by atoms with Crippen molar-refractivity contribution >= 4 is 18.5 Å². The molecule has 24 heavy (non-hydrogen) atoms. The third-order valence-corrected chi connectivity index (χ3v) is 6.30. The standard InChI is InChI=1S/C16H31N2O5P/c1-5-8-10-18(21)15(19)12-17-13-16(20)24(22,23-11-7-3)14(4)9-6-2/h1,16-17,20-22H,6-13H2,2-4H3. The summed E-state index contributed by atoms with van der Waals surface area (Å²) in [5.41, 5.74) is 0. The lowest BCUT2D eigenvalue weighted by molar-refractivity contribution is -0.163. The van der Waals surface area contributed by atoms with Gasteiger partial charge in [0.15, 0.2) is 0 Å². The van der Waals surface area contributed by atoms with E-state index in [2.05, 4.69) is 11.2 Å². The molecule has 0 bridgehead atoms. The van der Waals surface area contributed by atoms with E-state index >= 15 is 0 Å². The van der Waals surface area contributed by atoms with Crippen molar-refractivity contribution in [1.82, 2.24) is 10.4 Å². The lowest BCUT2D eigenvalue weighted by atomic mass is 10.3. The Morgan fingerprint density at radius 1 is 1.42 bits per heavy atom. The molecular weight excluding hydrogens is 331 g/mol. The lowest BCUT2D eigenvalue weighted by Gasteiger charge is -2.29. The number of aliphatic hydroxyl groups excluding tert-OH is 1. The zero-order chi connectivity index (χ0) is 18.6. The Morgan fingerprint density at radius 3 is 2.62 bits per heavy atom. The maximum Gasteiger partial charge on any atom is 0.259 e. The number of aliphatic hydroxyl groups is 1. The van der Waals surface area contributed by atoms with E-state index in [9.17, 15) is 20.0 Å². The second kappa shape index (κ2) is 12.5. The zero-order valence-corrected chi connectivity index (χ0v) is 15.8. The molecule has 8 heteroatoms. The van der Waals surface area contributed by atoms with E-state index in [-0.39, 0.29) is 26.1 Å². The number of hydroxylamine groups is 2. The lowest BCUT2D eigenvalue weighted by Crippen LogP contribution is -2.39. The van der Waals surface area contributed by atoms with Gasteiger partial charge < -0.3 is 19.8 Å². The van der Waals surface area contributed by atoms with E-state index in [0.717, 1.165) is 18.1 Å². The summed E-state index contributed by atoms with van der Waals surface area (Å²) < 4.78 is 5.59. The smallest absolute Gasteiger partial charge is 0.259 e. The second-order valence-corrected chi connectivity index (χ2v) is 8.39. The first kappa shape index (κ1) is 23.1. The van der Waals surface area contributed by atoms with Gasteiger partial charge >= 0.3 is 0 Å². The quantitative estimate of drug-likeness (QED) is 0.181. The van der Waals surface area contributed by atoms with Gasteiger partial charge in [-0.1, -0.05) is 20.3 Å². The number of terminal acetylenes is 1. The molecule has 0 spiro atoms. The Bertz CT molecular complexity index is 476. The van der Waals surface area contributed by atoms with Crippen LogP contribution < -0.4 is 5.32 Å². The number of nitrogens with zero attached hydrogens (tertiary/aromatic N) is 1. The first-order chi connectivity index (χ1) is 11.3. The van der Waals surface area contributed by atoms with Crippen LogP contribution in [-0.2, 0) is 9.32 Å². The van der Waals surface area contributed by atoms with Crippen LogP contribution in [0.3, 0.4) is 0 Å². The molecule has 140 valence electrons. The van der Waals surface area contributed by atoms with Gasteiger partial charge in [0, 0.05) is 13.0 Å². The summed E-state index contributed by atoms with van der Waals surface area (Å²) in [5.74, 6) is 0.653. The Morgan fingerprint density at radius 2 is 2.08 bits per heavy atom. The van der Waals surface area contributed by atoms with E-state index < -0.39 is 19.1 Å². The summed E-state index contributed by atoms with van der Waals surface area (Å²) in [7, 11) is -3.09. The molecule has 2 unspecified atom stereocenters. The van der Waals surface area contributed by atoms with Crippen LogP contribution in [0.2, 0.25) is 0 Å². The molecular formula is C16H31N2O5P. The third kappa shape index (κ3) is 7.80. The van der Waals surface area contributed by atoms with E-state index in [4.69, 9.17) is 10.9 Å². The molecule has 0 aromatic carbocycles. The van der Waals surface area contributed by atoms with Gasteiger partial charge in [0.1, 0.15) is 13.2 Å². The number of rotatable bonds is 12. The van der Waals surface area contributed by atoms with Gasteiger partial charge in [0.2, 0.25) is 0 Å². The minimum Gasteiger partial charge on any atom is -0.383 e. The van der Waals surface area contributed by atoms with Crippen molar-refractivity contribution in [3.8, 4) is 12.3 Å². The third-order valence-electron chi connectivity index (χ3n) is 3.41. The topological polar surface area (TPSA) is 102 Å². The summed E-state index contributed by atoms with van der Waals surface area (Å²) in [5, 5.41) is 23.9. The molecule has 0 aliphatic heterocycles. The Labute approximate surface area is 145 Å². The van der Waals surface area contributed by atoms with Crippen molar-refractivity contribution in [3.63, 3.8) is 0 Å². The van der Waals surface area contributed by atoms with Crippen molar-refractivity contribution in [1.29, 1.82) is 0 Å². The highest BCUT2D eigenvalue weighted by atomic mass is 31.2. The molecule has 0 aliphatic rings. The van der Waals surface area contributed by atoms with Crippen molar-refractivity contribution in [2.45, 2.75) is 52.3 Å². The summed E-state index contributed by atoms with van der Waals surface area (Å²) in [6.07, 6.45) is 7.57. The number of nitrogens with one attached hydrogen (secondary N) is 1. The first-order valence-electron chi connectivity index (χ1n) is 8.23.